The number of nitrogens with one attached hydrogen (secondary N) is 1. The van der Waals surface area contributed by atoms with Crippen molar-refractivity contribution in [2.75, 3.05) is 18.4 Å². The van der Waals surface area contributed by atoms with Crippen LogP contribution in [0.5, 0.6) is 0 Å². The molecule has 1 amide bonds. The zero-order valence-electron chi connectivity index (χ0n) is 13.0. The molecule has 0 saturated carbocycles. The van der Waals surface area contributed by atoms with Crippen LogP contribution in [0.3, 0.4) is 0 Å². The van der Waals surface area contributed by atoms with Crippen molar-refractivity contribution >= 4 is 39.0 Å². The summed E-state index contributed by atoms with van der Waals surface area (Å²) in [6.45, 7) is 1.12. The van der Waals surface area contributed by atoms with Crippen LogP contribution in [0.2, 0.25) is 0 Å². The highest BCUT2D eigenvalue weighted by Crippen LogP contribution is 2.23. The summed E-state index contributed by atoms with van der Waals surface area (Å²) in [5.74, 6) is -0.292. The van der Waals surface area contributed by atoms with Gasteiger partial charge in [-0.2, -0.15) is 4.31 Å². The summed E-state index contributed by atoms with van der Waals surface area (Å²) in [6, 6.07) is 10.2. The number of carbonyl (C=O) groups is 1. The summed E-state index contributed by atoms with van der Waals surface area (Å²) in [6.07, 6.45) is 4.95. The molecule has 1 N–H and O–H groups in total. The second-order valence-electron chi connectivity index (χ2n) is 5.48. The van der Waals surface area contributed by atoms with Crippen LogP contribution in [0, 0.1) is 0 Å². The van der Waals surface area contributed by atoms with Crippen molar-refractivity contribution in [3.63, 3.8) is 0 Å². The van der Waals surface area contributed by atoms with E-state index >= 15 is 0 Å². The molecule has 1 aromatic carbocycles. The van der Waals surface area contributed by atoms with Gasteiger partial charge in [-0.1, -0.05) is 12.1 Å². The first kappa shape index (κ1) is 16.9. The van der Waals surface area contributed by atoms with Gasteiger partial charge in [0, 0.05) is 29.7 Å². The van der Waals surface area contributed by atoms with E-state index in [0.717, 1.165) is 17.7 Å². The molecule has 126 valence electrons. The van der Waals surface area contributed by atoms with Crippen LogP contribution in [-0.2, 0) is 14.8 Å². The number of benzene rings is 1. The van der Waals surface area contributed by atoms with E-state index in [2.05, 4.69) is 5.32 Å². The summed E-state index contributed by atoms with van der Waals surface area (Å²) in [5, 5.41) is 4.64. The molecule has 2 aromatic rings. The molecule has 0 aliphatic carbocycles. The molecular formula is C17H18N2O3S2. The van der Waals surface area contributed by atoms with Gasteiger partial charge in [0.15, 0.2) is 0 Å². The molecule has 1 aliphatic rings. The van der Waals surface area contributed by atoms with E-state index < -0.39 is 10.0 Å². The van der Waals surface area contributed by atoms with Crippen LogP contribution in [0.15, 0.2) is 52.7 Å². The Morgan fingerprint density at radius 2 is 1.96 bits per heavy atom. The Bertz CT molecular complexity index is 836. The first-order valence-corrected chi connectivity index (χ1v) is 10.0. The minimum absolute atomic E-state index is 0.212. The Morgan fingerprint density at radius 3 is 2.67 bits per heavy atom. The zero-order valence-corrected chi connectivity index (χ0v) is 14.6. The van der Waals surface area contributed by atoms with Crippen LogP contribution >= 0.6 is 11.3 Å². The summed E-state index contributed by atoms with van der Waals surface area (Å²) < 4.78 is 26.6. The largest absolute Gasteiger partial charge is 0.322 e. The maximum Gasteiger partial charge on any atom is 0.248 e. The number of anilines is 1. The van der Waals surface area contributed by atoms with Crippen LogP contribution in [0.25, 0.3) is 6.08 Å². The third-order valence-corrected chi connectivity index (χ3v) is 6.48. The Balaban J connectivity index is 1.72. The lowest BCUT2D eigenvalue weighted by Gasteiger charge is -2.16. The van der Waals surface area contributed by atoms with Gasteiger partial charge in [-0.15, -0.1) is 11.3 Å². The Kier molecular flexibility index (Phi) is 5.13. The van der Waals surface area contributed by atoms with Gasteiger partial charge in [-0.05, 0) is 48.6 Å². The molecule has 1 saturated heterocycles. The number of hydrogen-bond acceptors (Lipinski definition) is 4. The summed E-state index contributed by atoms with van der Waals surface area (Å²) >= 11 is 1.54. The maximum atomic E-state index is 12.6. The lowest BCUT2D eigenvalue weighted by atomic mass is 10.3. The molecular weight excluding hydrogens is 344 g/mol. The Labute approximate surface area is 145 Å². The van der Waals surface area contributed by atoms with Crippen molar-refractivity contribution in [1.82, 2.24) is 4.31 Å². The number of sulfonamides is 1. The average Bonchev–Trinajstić information content (AvgIpc) is 3.27. The maximum absolute atomic E-state index is 12.6. The van der Waals surface area contributed by atoms with Gasteiger partial charge in [0.1, 0.15) is 0 Å². The number of carbonyl (C=O) groups excluding carboxylic acids is 1. The van der Waals surface area contributed by atoms with Gasteiger partial charge in [0.2, 0.25) is 15.9 Å². The first-order chi connectivity index (χ1) is 11.6. The molecule has 0 radical (unpaired) electrons. The fourth-order valence-corrected chi connectivity index (χ4v) is 4.72. The minimum Gasteiger partial charge on any atom is -0.322 e. The van der Waals surface area contributed by atoms with Crippen molar-refractivity contribution in [3.05, 3.63) is 52.7 Å². The second kappa shape index (κ2) is 7.29. The molecule has 7 heteroatoms. The predicted octanol–water partition coefficient (Wildman–Crippen LogP) is 3.18. The molecule has 24 heavy (non-hydrogen) atoms. The van der Waals surface area contributed by atoms with Crippen molar-refractivity contribution in [1.29, 1.82) is 0 Å². The lowest BCUT2D eigenvalue weighted by Crippen LogP contribution is -2.27. The highest BCUT2D eigenvalue weighted by Gasteiger charge is 2.27. The van der Waals surface area contributed by atoms with Crippen molar-refractivity contribution in [3.8, 4) is 0 Å². The topological polar surface area (TPSA) is 66.5 Å². The average molecular weight is 362 g/mol. The standard InChI is InChI=1S/C17H18N2O3S2/c20-17(9-8-15-6-4-12-23-15)18-14-5-3-7-16(13-14)24(21,22)19-10-1-2-11-19/h3-9,12-13H,1-2,10-11H2,(H,18,20). The van der Waals surface area contributed by atoms with Crippen LogP contribution < -0.4 is 5.32 Å². The van der Waals surface area contributed by atoms with Crippen LogP contribution in [0.4, 0.5) is 5.69 Å². The van der Waals surface area contributed by atoms with E-state index in [-0.39, 0.29) is 10.8 Å². The number of hydrogen-bond donors (Lipinski definition) is 1. The minimum atomic E-state index is -3.48. The highest BCUT2D eigenvalue weighted by molar-refractivity contribution is 7.89. The normalized spacial score (nSPS) is 15.8. The molecule has 1 fully saturated rings. The van der Waals surface area contributed by atoms with E-state index in [4.69, 9.17) is 0 Å². The Hall–Kier alpha value is -1.96. The van der Waals surface area contributed by atoms with Gasteiger partial charge in [-0.3, -0.25) is 4.79 Å². The third-order valence-electron chi connectivity index (χ3n) is 3.75. The van der Waals surface area contributed by atoms with Gasteiger partial charge in [-0.25, -0.2) is 8.42 Å². The van der Waals surface area contributed by atoms with Gasteiger partial charge >= 0.3 is 0 Å². The van der Waals surface area contributed by atoms with E-state index in [1.54, 1.807) is 24.3 Å². The van der Waals surface area contributed by atoms with Crippen LogP contribution in [0.1, 0.15) is 17.7 Å². The quantitative estimate of drug-likeness (QED) is 0.831. The molecule has 1 aliphatic heterocycles. The fraction of sp³-hybridized carbons (Fsp3) is 0.235. The molecule has 1 aromatic heterocycles. The van der Waals surface area contributed by atoms with Crippen molar-refractivity contribution in [2.45, 2.75) is 17.7 Å². The summed E-state index contributed by atoms with van der Waals surface area (Å²) in [4.78, 5) is 13.2. The molecule has 0 atom stereocenters. The van der Waals surface area contributed by atoms with E-state index in [1.807, 2.05) is 17.5 Å². The summed E-state index contributed by atoms with van der Waals surface area (Å²) in [5.41, 5.74) is 0.469. The van der Waals surface area contributed by atoms with Gasteiger partial charge in [0.05, 0.1) is 4.90 Å². The fourth-order valence-electron chi connectivity index (χ4n) is 2.54. The van der Waals surface area contributed by atoms with E-state index in [0.29, 0.717) is 18.8 Å². The highest BCUT2D eigenvalue weighted by atomic mass is 32.2. The van der Waals surface area contributed by atoms with Gasteiger partial charge in [0.25, 0.3) is 0 Å². The first-order valence-electron chi connectivity index (χ1n) is 7.68. The van der Waals surface area contributed by atoms with E-state index in [9.17, 15) is 13.2 Å². The molecule has 2 heterocycles. The number of amides is 1. The smallest absolute Gasteiger partial charge is 0.248 e. The van der Waals surface area contributed by atoms with Crippen LogP contribution in [-0.4, -0.2) is 31.7 Å². The number of nitrogens with zero attached hydrogens (tertiary/aromatic N) is 1. The van der Waals surface area contributed by atoms with Crippen molar-refractivity contribution in [2.24, 2.45) is 0 Å². The third kappa shape index (κ3) is 3.92. The second-order valence-corrected chi connectivity index (χ2v) is 8.39. The number of rotatable bonds is 5. The molecule has 0 unspecified atom stereocenters. The lowest BCUT2D eigenvalue weighted by molar-refractivity contribution is -0.111. The van der Waals surface area contributed by atoms with Gasteiger partial charge < -0.3 is 5.32 Å². The molecule has 0 bridgehead atoms. The predicted molar refractivity (Wildman–Crippen MR) is 96.4 cm³/mol. The zero-order chi connectivity index (χ0) is 17.0. The number of thiophene rings is 1. The van der Waals surface area contributed by atoms with Crippen molar-refractivity contribution < 1.29 is 13.2 Å². The molecule has 0 spiro atoms. The van der Waals surface area contributed by atoms with E-state index in [1.165, 1.54) is 27.8 Å². The molecule has 3 rings (SSSR count). The monoisotopic (exact) mass is 362 g/mol. The summed E-state index contributed by atoms with van der Waals surface area (Å²) in [7, 11) is -3.48. The Morgan fingerprint density at radius 1 is 1.17 bits per heavy atom. The molecule has 5 nitrogen and oxygen atoms in total. The SMILES string of the molecule is O=C(C=Cc1cccs1)Nc1cccc(S(=O)(=O)N2CCCC2)c1.